The maximum Gasteiger partial charge on any atom is 0.197 e. The van der Waals surface area contributed by atoms with Crippen LogP contribution in [0.15, 0.2) is 83.3 Å². The van der Waals surface area contributed by atoms with Crippen molar-refractivity contribution < 1.29 is 13.9 Å². The minimum Gasteiger partial charge on any atom is -0.489 e. The van der Waals surface area contributed by atoms with E-state index in [1.807, 2.05) is 78.9 Å². The minimum absolute atomic E-state index is 0.0443. The number of piperidine rings is 1. The summed E-state index contributed by atoms with van der Waals surface area (Å²) in [6.07, 6.45) is 3.60. The summed E-state index contributed by atoms with van der Waals surface area (Å²) in [6.45, 7) is 5.46. The molecule has 1 aromatic heterocycles. The van der Waals surface area contributed by atoms with Gasteiger partial charge in [-0.1, -0.05) is 55.5 Å². The molecule has 0 radical (unpaired) electrons. The molecule has 1 unspecified atom stereocenters. The Labute approximate surface area is 194 Å². The highest BCUT2D eigenvalue weighted by atomic mass is 16.5. The molecule has 0 N–H and O–H groups in total. The van der Waals surface area contributed by atoms with Gasteiger partial charge in [0.15, 0.2) is 5.78 Å². The largest absolute Gasteiger partial charge is 0.489 e. The van der Waals surface area contributed by atoms with E-state index in [0.29, 0.717) is 22.5 Å². The van der Waals surface area contributed by atoms with Gasteiger partial charge in [0.1, 0.15) is 23.2 Å². The van der Waals surface area contributed by atoms with E-state index < -0.39 is 0 Å². The van der Waals surface area contributed by atoms with E-state index in [4.69, 9.17) is 9.15 Å². The molecule has 1 atom stereocenters. The monoisotopic (exact) mass is 439 g/mol. The highest BCUT2D eigenvalue weighted by Gasteiger charge is 2.24. The molecule has 4 heteroatoms. The van der Waals surface area contributed by atoms with E-state index in [2.05, 4.69) is 11.8 Å². The topological polar surface area (TPSA) is 42.7 Å². The van der Waals surface area contributed by atoms with Gasteiger partial charge in [-0.3, -0.25) is 9.69 Å². The van der Waals surface area contributed by atoms with Crippen LogP contribution in [-0.4, -0.2) is 36.4 Å². The summed E-state index contributed by atoms with van der Waals surface area (Å²) in [5.74, 6) is 1.38. The Bertz CT molecular complexity index is 1220. The summed E-state index contributed by atoms with van der Waals surface area (Å²) in [5.41, 5.74) is 2.84. The Balaban J connectivity index is 1.40. The molecule has 4 aromatic rings. The number of hydrogen-bond donors (Lipinski definition) is 0. The third kappa shape index (κ3) is 4.57. The number of likely N-dealkylation sites (tertiary alicyclic amines) is 1. The molecule has 0 aliphatic carbocycles. The molecule has 33 heavy (non-hydrogen) atoms. The van der Waals surface area contributed by atoms with E-state index in [-0.39, 0.29) is 11.9 Å². The molecule has 0 saturated carbocycles. The van der Waals surface area contributed by atoms with Gasteiger partial charge in [0.05, 0.1) is 5.56 Å². The number of para-hydroxylation sites is 1. The third-order valence-electron chi connectivity index (χ3n) is 6.28. The fourth-order valence-corrected chi connectivity index (χ4v) is 4.71. The van der Waals surface area contributed by atoms with Crippen molar-refractivity contribution in [2.75, 3.05) is 19.6 Å². The summed E-state index contributed by atoms with van der Waals surface area (Å²) in [4.78, 5) is 16.1. The highest BCUT2D eigenvalue weighted by Crippen LogP contribution is 2.35. The van der Waals surface area contributed by atoms with Crippen molar-refractivity contribution in [3.8, 4) is 17.1 Å². The van der Waals surface area contributed by atoms with Crippen LogP contribution >= 0.6 is 0 Å². The van der Waals surface area contributed by atoms with Crippen molar-refractivity contribution in [1.82, 2.24) is 4.90 Å². The van der Waals surface area contributed by atoms with Gasteiger partial charge >= 0.3 is 0 Å². The number of carbonyl (C=O) groups is 1. The Kier molecular flexibility index (Phi) is 6.27. The molecule has 2 heterocycles. The third-order valence-corrected chi connectivity index (χ3v) is 6.28. The first-order valence-electron chi connectivity index (χ1n) is 11.8. The molecule has 4 nitrogen and oxygen atoms in total. The first kappa shape index (κ1) is 21.5. The molecule has 3 aromatic carbocycles. The molecule has 1 saturated heterocycles. The van der Waals surface area contributed by atoms with Gasteiger partial charge in [-0.2, -0.15) is 0 Å². The first-order chi connectivity index (χ1) is 16.2. The summed E-state index contributed by atoms with van der Waals surface area (Å²) in [7, 11) is 0. The van der Waals surface area contributed by atoms with Gasteiger partial charge < -0.3 is 9.15 Å². The lowest BCUT2D eigenvalue weighted by atomic mass is 9.97. The Morgan fingerprint density at radius 3 is 2.55 bits per heavy atom. The summed E-state index contributed by atoms with van der Waals surface area (Å²) >= 11 is 0. The Hall–Kier alpha value is -3.37. The van der Waals surface area contributed by atoms with Crippen molar-refractivity contribution in [3.63, 3.8) is 0 Å². The van der Waals surface area contributed by atoms with Crippen LogP contribution in [0.5, 0.6) is 5.75 Å². The molecule has 0 spiro atoms. The number of benzene rings is 3. The summed E-state index contributed by atoms with van der Waals surface area (Å²) in [5, 5.41) is 0.833. The molecule has 1 aliphatic rings. The van der Waals surface area contributed by atoms with Gasteiger partial charge in [0.2, 0.25) is 0 Å². The zero-order chi connectivity index (χ0) is 22.6. The number of nitrogens with zero attached hydrogens (tertiary/aromatic N) is 1. The number of hydrogen-bond acceptors (Lipinski definition) is 4. The lowest BCUT2D eigenvalue weighted by molar-refractivity contribution is 0.0886. The Morgan fingerprint density at radius 1 is 1.00 bits per heavy atom. The second-order valence-corrected chi connectivity index (χ2v) is 8.70. The van der Waals surface area contributed by atoms with Crippen LogP contribution in [0.1, 0.15) is 42.1 Å². The number of ketones is 1. The van der Waals surface area contributed by atoms with Gasteiger partial charge in [0, 0.05) is 23.1 Å². The maximum absolute atomic E-state index is 13.6. The Morgan fingerprint density at radius 2 is 1.76 bits per heavy atom. The molecule has 5 rings (SSSR count). The number of fused-ring (bicyclic) bond motifs is 1. The van der Waals surface area contributed by atoms with Crippen LogP contribution in [0.3, 0.4) is 0 Å². The van der Waals surface area contributed by atoms with Gasteiger partial charge in [0.25, 0.3) is 0 Å². The van der Waals surface area contributed by atoms with Gasteiger partial charge in [-0.15, -0.1) is 0 Å². The van der Waals surface area contributed by atoms with Crippen LogP contribution in [-0.2, 0) is 0 Å². The van der Waals surface area contributed by atoms with Gasteiger partial charge in [-0.25, -0.2) is 0 Å². The van der Waals surface area contributed by atoms with E-state index in [1.165, 1.54) is 0 Å². The first-order valence-corrected chi connectivity index (χ1v) is 11.8. The van der Waals surface area contributed by atoms with Crippen molar-refractivity contribution >= 4 is 16.8 Å². The molecule has 1 aliphatic heterocycles. The number of ether oxygens (including phenoxy) is 1. The smallest absolute Gasteiger partial charge is 0.197 e. The van der Waals surface area contributed by atoms with Crippen LogP contribution in [0.4, 0.5) is 0 Å². The van der Waals surface area contributed by atoms with E-state index in [1.54, 1.807) is 0 Å². The zero-order valence-corrected chi connectivity index (χ0v) is 19.0. The highest BCUT2D eigenvalue weighted by molar-refractivity contribution is 6.19. The normalized spacial score (nSPS) is 16.7. The quantitative estimate of drug-likeness (QED) is 0.305. The fraction of sp³-hybridized carbons (Fsp3) is 0.276. The number of furan rings is 1. The van der Waals surface area contributed by atoms with Crippen molar-refractivity contribution in [1.29, 1.82) is 0 Å². The predicted octanol–water partition coefficient (Wildman–Crippen LogP) is 6.58. The van der Waals surface area contributed by atoms with E-state index in [9.17, 15) is 4.79 Å². The molecule has 168 valence electrons. The summed E-state index contributed by atoms with van der Waals surface area (Å²) in [6, 6.07) is 25.1. The second-order valence-electron chi connectivity index (χ2n) is 8.70. The van der Waals surface area contributed by atoms with E-state index in [0.717, 1.165) is 55.6 Å². The number of carbonyl (C=O) groups excluding carboxylic acids is 1. The van der Waals surface area contributed by atoms with Crippen molar-refractivity contribution in [3.05, 3.63) is 90.0 Å². The maximum atomic E-state index is 13.6. The molecule has 1 fully saturated rings. The lowest BCUT2D eigenvalue weighted by Gasteiger charge is -2.32. The number of rotatable bonds is 7. The van der Waals surface area contributed by atoms with Crippen LogP contribution < -0.4 is 4.74 Å². The van der Waals surface area contributed by atoms with Gasteiger partial charge in [-0.05, 0) is 62.7 Å². The lowest BCUT2D eigenvalue weighted by Crippen LogP contribution is -2.41. The fourth-order valence-electron chi connectivity index (χ4n) is 4.71. The standard InChI is InChI=1S/C29H29NO3/c1-2-18-30-19-8-11-24(20-30)32-23-16-14-21(15-17-23)28(31)27-25-12-6-7-13-26(25)33-29(27)22-9-4-3-5-10-22/h3-7,9-10,12-17,24H,2,8,11,18-20H2,1H3. The molecular formula is C29H29NO3. The van der Waals surface area contributed by atoms with Crippen molar-refractivity contribution in [2.24, 2.45) is 0 Å². The second kappa shape index (κ2) is 9.63. The zero-order valence-electron chi connectivity index (χ0n) is 19.0. The van der Waals surface area contributed by atoms with E-state index >= 15 is 0 Å². The van der Waals surface area contributed by atoms with Crippen LogP contribution in [0.25, 0.3) is 22.3 Å². The van der Waals surface area contributed by atoms with Crippen molar-refractivity contribution in [2.45, 2.75) is 32.3 Å². The molecule has 0 bridgehead atoms. The average Bonchev–Trinajstić information content (AvgIpc) is 3.25. The SMILES string of the molecule is CCCN1CCCC(Oc2ccc(C(=O)c3c(-c4ccccc4)oc4ccccc34)cc2)C1. The molecule has 0 amide bonds. The minimum atomic E-state index is -0.0443. The van der Waals surface area contributed by atoms with Crippen LogP contribution in [0, 0.1) is 0 Å². The summed E-state index contributed by atoms with van der Waals surface area (Å²) < 4.78 is 12.4. The average molecular weight is 440 g/mol. The predicted molar refractivity (Wildman–Crippen MR) is 132 cm³/mol. The van der Waals surface area contributed by atoms with Crippen LogP contribution in [0.2, 0.25) is 0 Å². The molecular weight excluding hydrogens is 410 g/mol.